The largest absolute Gasteiger partial charge is 0.368 e. The quantitative estimate of drug-likeness (QED) is 0.519. The highest BCUT2D eigenvalue weighted by molar-refractivity contribution is 5.94. The van der Waals surface area contributed by atoms with Gasteiger partial charge in [-0.1, -0.05) is 36.4 Å². The Labute approximate surface area is 142 Å². The molecular weight excluding hydrogens is 314 g/mol. The monoisotopic (exact) mass is 327 g/mol. The molecule has 0 bridgehead atoms. The van der Waals surface area contributed by atoms with E-state index in [1.54, 1.807) is 10.7 Å². The van der Waals surface area contributed by atoms with Crippen molar-refractivity contribution in [1.29, 1.82) is 0 Å². The number of nitrogen functional groups attached to an aromatic ring is 1. The summed E-state index contributed by atoms with van der Waals surface area (Å²) in [7, 11) is 0. The van der Waals surface area contributed by atoms with Gasteiger partial charge in [0.05, 0.1) is 23.0 Å². The number of aromatic nitrogens is 6. The fourth-order valence-electron chi connectivity index (χ4n) is 3.07. The first-order valence-corrected chi connectivity index (χ1v) is 7.79. The van der Waals surface area contributed by atoms with Crippen LogP contribution >= 0.6 is 0 Å². The van der Waals surface area contributed by atoms with Gasteiger partial charge < -0.3 is 5.73 Å². The van der Waals surface area contributed by atoms with E-state index in [9.17, 15) is 0 Å². The molecule has 0 saturated carbocycles. The fraction of sp³-hybridized carbons (Fsp3) is 0. The van der Waals surface area contributed by atoms with E-state index in [0.717, 1.165) is 33.3 Å². The molecule has 5 rings (SSSR count). The Hall–Kier alpha value is -3.74. The summed E-state index contributed by atoms with van der Waals surface area (Å²) < 4.78 is 1.56. The van der Waals surface area contributed by atoms with Crippen LogP contribution in [-0.4, -0.2) is 29.8 Å². The number of anilines is 1. The molecule has 3 aromatic heterocycles. The standard InChI is InChI=1S/C18H13N7/c19-18-23-16(11-4-2-1-3-5-11)15(17-20-10-22-25(17)18)12-6-7-14-13(8-12)9-21-24-14/h1-10H,(H2,19,23)(H,21,24). The van der Waals surface area contributed by atoms with Gasteiger partial charge in [0.1, 0.15) is 6.33 Å². The van der Waals surface area contributed by atoms with Crippen LogP contribution < -0.4 is 5.73 Å². The Kier molecular flexibility index (Phi) is 2.81. The molecule has 0 fully saturated rings. The Morgan fingerprint density at radius 1 is 1.00 bits per heavy atom. The first kappa shape index (κ1) is 13.7. The number of nitrogens with one attached hydrogen (secondary N) is 1. The summed E-state index contributed by atoms with van der Waals surface area (Å²) in [4.78, 5) is 9.02. The van der Waals surface area contributed by atoms with Crippen molar-refractivity contribution >= 4 is 22.5 Å². The number of nitrogens with two attached hydrogens (primary N) is 1. The molecule has 0 aliphatic heterocycles. The molecule has 0 unspecified atom stereocenters. The maximum Gasteiger partial charge on any atom is 0.223 e. The van der Waals surface area contributed by atoms with Crippen LogP contribution in [-0.2, 0) is 0 Å². The molecule has 3 heterocycles. The van der Waals surface area contributed by atoms with Crippen molar-refractivity contribution in [3.63, 3.8) is 0 Å². The molecule has 3 N–H and O–H groups in total. The molecule has 5 aromatic rings. The van der Waals surface area contributed by atoms with Gasteiger partial charge >= 0.3 is 0 Å². The average molecular weight is 327 g/mol. The molecule has 7 heteroatoms. The molecule has 0 radical (unpaired) electrons. The highest BCUT2D eigenvalue weighted by Gasteiger charge is 2.18. The molecule has 25 heavy (non-hydrogen) atoms. The molecule has 0 spiro atoms. The number of rotatable bonds is 2. The molecule has 0 aliphatic carbocycles. The Bertz CT molecular complexity index is 1200. The fourth-order valence-corrected chi connectivity index (χ4v) is 3.07. The third-order valence-corrected chi connectivity index (χ3v) is 4.23. The van der Waals surface area contributed by atoms with Crippen LogP contribution in [0.2, 0.25) is 0 Å². The van der Waals surface area contributed by atoms with Crippen LogP contribution in [0, 0.1) is 0 Å². The van der Waals surface area contributed by atoms with Crippen molar-refractivity contribution in [1.82, 2.24) is 29.8 Å². The van der Waals surface area contributed by atoms with Crippen molar-refractivity contribution in [3.8, 4) is 22.4 Å². The maximum absolute atomic E-state index is 6.09. The summed E-state index contributed by atoms with van der Waals surface area (Å²) in [6.07, 6.45) is 3.29. The van der Waals surface area contributed by atoms with Crippen LogP contribution in [0.5, 0.6) is 0 Å². The van der Waals surface area contributed by atoms with Gasteiger partial charge in [0, 0.05) is 10.9 Å². The van der Waals surface area contributed by atoms with E-state index in [0.29, 0.717) is 11.6 Å². The van der Waals surface area contributed by atoms with Gasteiger partial charge in [0.25, 0.3) is 0 Å². The van der Waals surface area contributed by atoms with E-state index >= 15 is 0 Å². The number of H-pyrrole nitrogens is 1. The van der Waals surface area contributed by atoms with Gasteiger partial charge in [-0.25, -0.2) is 9.97 Å². The lowest BCUT2D eigenvalue weighted by Gasteiger charge is -2.12. The molecule has 2 aromatic carbocycles. The number of aromatic amines is 1. The SMILES string of the molecule is Nc1nc(-c2ccccc2)c(-c2ccc3[nH]ncc3c2)c2ncnn12. The third-order valence-electron chi connectivity index (χ3n) is 4.23. The maximum atomic E-state index is 6.09. The van der Waals surface area contributed by atoms with E-state index in [1.165, 1.54) is 6.33 Å². The molecular formula is C18H13N7. The smallest absolute Gasteiger partial charge is 0.223 e. The van der Waals surface area contributed by atoms with Crippen LogP contribution in [0.3, 0.4) is 0 Å². The Balaban J connectivity index is 1.89. The minimum atomic E-state index is 0.305. The summed E-state index contributed by atoms with van der Waals surface area (Å²) >= 11 is 0. The third kappa shape index (κ3) is 2.06. The minimum absolute atomic E-state index is 0.305. The summed E-state index contributed by atoms with van der Waals surface area (Å²) in [5.41, 5.74) is 11.4. The Morgan fingerprint density at radius 2 is 1.88 bits per heavy atom. The first-order chi connectivity index (χ1) is 12.3. The second-order valence-electron chi connectivity index (χ2n) is 5.73. The lowest BCUT2D eigenvalue weighted by Crippen LogP contribution is -2.05. The number of hydrogen-bond donors (Lipinski definition) is 2. The zero-order valence-electron chi connectivity index (χ0n) is 13.1. The van der Waals surface area contributed by atoms with E-state index in [4.69, 9.17) is 5.73 Å². The Morgan fingerprint density at radius 3 is 2.76 bits per heavy atom. The lowest BCUT2D eigenvalue weighted by atomic mass is 9.99. The zero-order valence-corrected chi connectivity index (χ0v) is 13.1. The van der Waals surface area contributed by atoms with Gasteiger partial charge in [-0.05, 0) is 17.7 Å². The van der Waals surface area contributed by atoms with Crippen LogP contribution in [0.15, 0.2) is 61.1 Å². The first-order valence-electron chi connectivity index (χ1n) is 7.79. The van der Waals surface area contributed by atoms with E-state index in [2.05, 4.69) is 31.3 Å². The summed E-state index contributed by atoms with van der Waals surface area (Å²) in [5, 5.41) is 12.3. The van der Waals surface area contributed by atoms with E-state index in [1.807, 2.05) is 42.5 Å². The van der Waals surface area contributed by atoms with Crippen LogP contribution in [0.25, 0.3) is 38.9 Å². The summed E-state index contributed by atoms with van der Waals surface area (Å²) in [6.45, 7) is 0. The molecule has 0 saturated heterocycles. The average Bonchev–Trinajstić information content (AvgIpc) is 3.31. The topological polar surface area (TPSA) is 97.8 Å². The number of hydrogen-bond acceptors (Lipinski definition) is 5. The zero-order chi connectivity index (χ0) is 16.8. The van der Waals surface area contributed by atoms with Crippen molar-refractivity contribution < 1.29 is 0 Å². The van der Waals surface area contributed by atoms with Gasteiger partial charge in [-0.15, -0.1) is 0 Å². The van der Waals surface area contributed by atoms with Gasteiger partial charge in [-0.3, -0.25) is 5.10 Å². The van der Waals surface area contributed by atoms with Crippen molar-refractivity contribution in [2.75, 3.05) is 5.73 Å². The number of fused-ring (bicyclic) bond motifs is 2. The van der Waals surface area contributed by atoms with Crippen molar-refractivity contribution in [2.45, 2.75) is 0 Å². The van der Waals surface area contributed by atoms with Crippen LogP contribution in [0.4, 0.5) is 5.95 Å². The van der Waals surface area contributed by atoms with E-state index in [-0.39, 0.29) is 0 Å². The number of nitrogens with zero attached hydrogens (tertiary/aromatic N) is 5. The highest BCUT2D eigenvalue weighted by Crippen LogP contribution is 2.35. The molecule has 0 atom stereocenters. The minimum Gasteiger partial charge on any atom is -0.368 e. The molecule has 7 nitrogen and oxygen atoms in total. The predicted molar refractivity (Wildman–Crippen MR) is 95.7 cm³/mol. The normalized spacial score (nSPS) is 11.4. The lowest BCUT2D eigenvalue weighted by molar-refractivity contribution is 0.942. The molecule has 120 valence electrons. The molecule has 0 aliphatic rings. The summed E-state index contributed by atoms with van der Waals surface area (Å²) in [5.74, 6) is 0.305. The second-order valence-corrected chi connectivity index (χ2v) is 5.73. The molecule has 0 amide bonds. The van der Waals surface area contributed by atoms with Gasteiger partial charge in [0.15, 0.2) is 5.65 Å². The van der Waals surface area contributed by atoms with Gasteiger partial charge in [-0.2, -0.15) is 14.7 Å². The van der Waals surface area contributed by atoms with Gasteiger partial charge in [0.2, 0.25) is 5.95 Å². The number of benzene rings is 2. The predicted octanol–water partition coefficient (Wildman–Crippen LogP) is 2.92. The summed E-state index contributed by atoms with van der Waals surface area (Å²) in [6, 6.07) is 16.0. The van der Waals surface area contributed by atoms with E-state index < -0.39 is 0 Å². The highest BCUT2D eigenvalue weighted by atomic mass is 15.3. The second kappa shape index (κ2) is 5.13. The van der Waals surface area contributed by atoms with Crippen molar-refractivity contribution in [2.24, 2.45) is 0 Å². The van der Waals surface area contributed by atoms with Crippen LogP contribution in [0.1, 0.15) is 0 Å². The van der Waals surface area contributed by atoms with Crippen molar-refractivity contribution in [3.05, 3.63) is 61.1 Å².